The van der Waals surface area contributed by atoms with E-state index in [1.165, 1.54) is 20.2 Å². The first-order valence-electron chi connectivity index (χ1n) is 20.3. The summed E-state index contributed by atoms with van der Waals surface area (Å²) in [6.45, 7) is 9.23. The molecule has 0 fully saturated rings. The van der Waals surface area contributed by atoms with Gasteiger partial charge in [0.05, 0.1) is 66.4 Å². The van der Waals surface area contributed by atoms with Crippen LogP contribution in [0, 0.1) is 17.9 Å². The molecule has 0 aliphatic heterocycles. The maximum Gasteiger partial charge on any atom is 0.209 e. The summed E-state index contributed by atoms with van der Waals surface area (Å²) in [5, 5.41) is 21.1. The lowest BCUT2D eigenvalue weighted by Gasteiger charge is -2.24. The lowest BCUT2D eigenvalue weighted by Crippen LogP contribution is -2.10. The van der Waals surface area contributed by atoms with E-state index in [0.717, 1.165) is 63.8 Å². The first-order valence-corrected chi connectivity index (χ1v) is 21.9. The van der Waals surface area contributed by atoms with Crippen molar-refractivity contribution in [3.63, 3.8) is 0 Å². The molecule has 0 saturated heterocycles. The molecule has 6 nitrogen and oxygen atoms in total. The van der Waals surface area contributed by atoms with Gasteiger partial charge >= 0.3 is 0 Å². The Bertz CT molecular complexity index is 3870. The lowest BCUT2D eigenvalue weighted by molar-refractivity contribution is 1.12. The number of nitriles is 1. The number of nitrogens with zero attached hydrogens (tertiary/aromatic N) is 6. The summed E-state index contributed by atoms with van der Waals surface area (Å²) in [6, 6.07) is 57.1. The van der Waals surface area contributed by atoms with E-state index in [9.17, 15) is 11.8 Å². The molecule has 0 bridgehead atoms. The van der Waals surface area contributed by atoms with E-state index in [1.807, 2.05) is 36.4 Å². The van der Waals surface area contributed by atoms with Crippen molar-refractivity contribution in [2.75, 3.05) is 0 Å². The molecule has 7 aromatic carbocycles. The van der Waals surface area contributed by atoms with Gasteiger partial charge in [-0.15, -0.1) is 22.7 Å². The largest absolute Gasteiger partial charge is 0.307 e. The number of para-hydroxylation sites is 2. The van der Waals surface area contributed by atoms with Crippen molar-refractivity contribution in [3.8, 4) is 40.0 Å². The zero-order valence-electron chi connectivity index (χ0n) is 32.7. The predicted octanol–water partition coefficient (Wildman–Crippen LogP) is 15.2. The molecule has 13 rings (SSSR count). The van der Waals surface area contributed by atoms with Gasteiger partial charge in [0, 0.05) is 76.0 Å². The van der Waals surface area contributed by atoms with Gasteiger partial charge in [0.1, 0.15) is 6.07 Å². The number of aromatic nitrogens is 4. The molecule has 62 heavy (non-hydrogen) atoms. The summed E-state index contributed by atoms with van der Waals surface area (Å²) in [7, 11) is 0. The van der Waals surface area contributed by atoms with Crippen LogP contribution in [0.25, 0.3) is 123 Å². The maximum absolute atomic E-state index is 12.2. The molecule has 0 atom stereocenters. The lowest BCUT2D eigenvalue weighted by atomic mass is 9.92. The van der Waals surface area contributed by atoms with Crippen LogP contribution in [0.4, 0.5) is 5.69 Å². The summed E-state index contributed by atoms with van der Waals surface area (Å²) in [6.07, 6.45) is 3.52. The second kappa shape index (κ2) is 13.2. The van der Waals surface area contributed by atoms with Crippen molar-refractivity contribution >= 4 is 112 Å². The molecule has 286 valence electrons. The van der Waals surface area contributed by atoms with Crippen molar-refractivity contribution < 1.29 is 0 Å². The van der Waals surface area contributed by atoms with Gasteiger partial charge in [-0.25, -0.2) is 4.85 Å². The molecule has 8 heteroatoms. The van der Waals surface area contributed by atoms with Gasteiger partial charge in [0.15, 0.2) is 0 Å². The third-order valence-electron chi connectivity index (χ3n) is 12.3. The SMILES string of the molecule is [C-]#[N+]c1c(-c2ccccn2)c(-n2c3ccccc3c3ccc4c5ccccc5sc4c32)c(C#N)c(-n2c3ccccc3c3ccc4c5ccccc5sc4c32)c1-c1ccccn1. The molecule has 0 unspecified atom stereocenters. The monoisotopic (exact) mass is 824 g/mol. The fraction of sp³-hybridized carbons (Fsp3) is 0. The average molecular weight is 825 g/mol. The predicted molar refractivity (Wildman–Crippen MR) is 258 cm³/mol. The van der Waals surface area contributed by atoms with E-state index in [0.29, 0.717) is 45.1 Å². The Labute approximate surface area is 361 Å². The Balaban J connectivity index is 1.33. The normalized spacial score (nSPS) is 11.8. The Hall–Kier alpha value is -8.14. The molecule has 0 saturated carbocycles. The van der Waals surface area contributed by atoms with Crippen LogP contribution in [0.2, 0.25) is 0 Å². The van der Waals surface area contributed by atoms with Gasteiger partial charge < -0.3 is 9.13 Å². The quantitative estimate of drug-likeness (QED) is 0.166. The Morgan fingerprint density at radius 1 is 0.468 bits per heavy atom. The summed E-state index contributed by atoms with van der Waals surface area (Å²) in [5.74, 6) is 0. The van der Waals surface area contributed by atoms with Crippen LogP contribution in [-0.2, 0) is 0 Å². The van der Waals surface area contributed by atoms with Gasteiger partial charge in [-0.05, 0) is 48.5 Å². The van der Waals surface area contributed by atoms with Crippen molar-refractivity contribution in [1.29, 1.82) is 5.26 Å². The highest BCUT2D eigenvalue weighted by molar-refractivity contribution is 7.27. The van der Waals surface area contributed by atoms with Gasteiger partial charge in [-0.2, -0.15) is 5.26 Å². The summed E-state index contributed by atoms with van der Waals surface area (Å²) in [4.78, 5) is 14.4. The van der Waals surface area contributed by atoms with Gasteiger partial charge in [0.25, 0.3) is 0 Å². The number of hydrogen-bond donors (Lipinski definition) is 0. The average Bonchev–Trinajstić information content (AvgIpc) is 4.09. The van der Waals surface area contributed by atoms with E-state index in [1.54, 1.807) is 35.1 Å². The Kier molecular flexibility index (Phi) is 7.38. The van der Waals surface area contributed by atoms with E-state index >= 15 is 0 Å². The number of hydrogen-bond acceptors (Lipinski definition) is 5. The van der Waals surface area contributed by atoms with Crippen LogP contribution >= 0.6 is 22.7 Å². The number of rotatable bonds is 4. The van der Waals surface area contributed by atoms with E-state index in [4.69, 9.17) is 9.97 Å². The number of thiophene rings is 2. The Morgan fingerprint density at radius 3 is 1.32 bits per heavy atom. The minimum Gasteiger partial charge on any atom is -0.307 e. The van der Waals surface area contributed by atoms with Crippen LogP contribution in [0.5, 0.6) is 0 Å². The van der Waals surface area contributed by atoms with Gasteiger partial charge in [-0.3, -0.25) is 9.97 Å². The van der Waals surface area contributed by atoms with E-state index in [2.05, 4.69) is 141 Å². The van der Waals surface area contributed by atoms with Crippen molar-refractivity contribution in [2.45, 2.75) is 0 Å². The van der Waals surface area contributed by atoms with Crippen LogP contribution in [0.3, 0.4) is 0 Å². The second-order valence-electron chi connectivity index (χ2n) is 15.4. The standard InChI is InChI=1S/C54H28N6S2/c1-56-48-46(40-18-10-12-28-57-40)49(59-42-20-6-2-14-31(42)35-24-26-37-33-16-4-8-22-44(33)61-53(37)51(35)59)39(30-55)50(47(48)41-19-11-13-29-58-41)60-43-21-7-3-15-32(43)36-25-27-38-34-17-5-9-23-45(34)62-54(38)52(36)60/h2-29H. The molecule has 0 N–H and O–H groups in total. The second-order valence-corrected chi connectivity index (χ2v) is 17.5. The zero-order chi connectivity index (χ0) is 41.1. The highest BCUT2D eigenvalue weighted by atomic mass is 32.1. The first-order chi connectivity index (χ1) is 30.7. The van der Waals surface area contributed by atoms with Crippen LogP contribution < -0.4 is 0 Å². The number of fused-ring (bicyclic) bond motifs is 14. The third kappa shape index (κ3) is 4.65. The summed E-state index contributed by atoms with van der Waals surface area (Å²) in [5.41, 5.74) is 8.19. The molecule has 6 heterocycles. The summed E-state index contributed by atoms with van der Waals surface area (Å²) >= 11 is 3.51. The highest BCUT2D eigenvalue weighted by Crippen LogP contribution is 2.53. The van der Waals surface area contributed by atoms with E-state index in [-0.39, 0.29) is 0 Å². The fourth-order valence-electron chi connectivity index (χ4n) is 9.81. The minimum absolute atomic E-state index is 0.371. The highest BCUT2D eigenvalue weighted by Gasteiger charge is 2.33. The first kappa shape index (κ1) is 34.7. The molecule has 6 aromatic heterocycles. The molecular formula is C54H28N6S2. The Morgan fingerprint density at radius 2 is 0.887 bits per heavy atom. The van der Waals surface area contributed by atoms with Crippen molar-refractivity contribution in [2.24, 2.45) is 0 Å². The fourth-order valence-corrected chi connectivity index (χ4v) is 12.3. The van der Waals surface area contributed by atoms with Gasteiger partial charge in [0.2, 0.25) is 5.69 Å². The van der Waals surface area contributed by atoms with Crippen LogP contribution in [0.15, 0.2) is 170 Å². The molecule has 0 amide bonds. The number of pyridine rings is 2. The number of benzene rings is 7. The van der Waals surface area contributed by atoms with Crippen LogP contribution in [-0.4, -0.2) is 19.1 Å². The van der Waals surface area contributed by atoms with Crippen molar-refractivity contribution in [3.05, 3.63) is 187 Å². The molecule has 0 aliphatic rings. The molecular weight excluding hydrogens is 797 g/mol. The minimum atomic E-state index is 0.371. The van der Waals surface area contributed by atoms with Crippen molar-refractivity contribution in [1.82, 2.24) is 19.1 Å². The molecule has 0 radical (unpaired) electrons. The third-order valence-corrected chi connectivity index (χ3v) is 14.7. The topological polar surface area (TPSA) is 63.8 Å². The van der Waals surface area contributed by atoms with Crippen LogP contribution in [0.1, 0.15) is 5.56 Å². The van der Waals surface area contributed by atoms with Gasteiger partial charge in [-0.1, -0.05) is 109 Å². The molecule has 0 aliphatic carbocycles. The smallest absolute Gasteiger partial charge is 0.209 e. The molecule has 0 spiro atoms. The maximum atomic E-state index is 12.2. The molecule has 13 aromatic rings. The zero-order valence-corrected chi connectivity index (χ0v) is 34.3. The summed E-state index contributed by atoms with van der Waals surface area (Å²) < 4.78 is 9.10. The van der Waals surface area contributed by atoms with E-state index < -0.39 is 0 Å².